The molecule has 1 aliphatic rings. The average Bonchev–Trinajstić information content (AvgIpc) is 3.09. The molecule has 1 saturated carbocycles. The summed E-state index contributed by atoms with van der Waals surface area (Å²) in [6, 6.07) is 5.72. The number of hydrogen-bond donors (Lipinski definition) is 2. The van der Waals surface area contributed by atoms with Crippen molar-refractivity contribution in [2.24, 2.45) is 0 Å². The third kappa shape index (κ3) is 5.29. The van der Waals surface area contributed by atoms with E-state index in [-0.39, 0.29) is 17.7 Å². The highest BCUT2D eigenvalue weighted by molar-refractivity contribution is 7.99. The lowest BCUT2D eigenvalue weighted by Gasteiger charge is -2.22. The molecule has 3 amide bonds. The summed E-state index contributed by atoms with van der Waals surface area (Å²) in [4.78, 5) is 24.0. The maximum Gasteiger partial charge on any atom is 0.321 e. The highest BCUT2D eigenvalue weighted by atomic mass is 32.2. The number of imide groups is 1. The van der Waals surface area contributed by atoms with Crippen LogP contribution in [0.15, 0.2) is 23.4 Å². The molecule has 0 spiro atoms. The number of tetrazole rings is 1. The molecule has 3 rings (SSSR count). The van der Waals surface area contributed by atoms with Gasteiger partial charge in [-0.25, -0.2) is 4.79 Å². The van der Waals surface area contributed by atoms with Crippen molar-refractivity contribution in [2.45, 2.75) is 57.1 Å². The van der Waals surface area contributed by atoms with Gasteiger partial charge in [-0.3, -0.25) is 10.1 Å². The van der Waals surface area contributed by atoms with E-state index in [1.165, 1.54) is 18.2 Å². The van der Waals surface area contributed by atoms with Gasteiger partial charge in [0.2, 0.25) is 11.1 Å². The fourth-order valence-electron chi connectivity index (χ4n) is 3.22. The van der Waals surface area contributed by atoms with E-state index in [1.54, 1.807) is 4.68 Å². The molecule has 1 heterocycles. The van der Waals surface area contributed by atoms with Crippen molar-refractivity contribution in [1.82, 2.24) is 30.8 Å². The Morgan fingerprint density at radius 3 is 2.74 bits per heavy atom. The van der Waals surface area contributed by atoms with Crippen molar-refractivity contribution in [1.29, 1.82) is 0 Å². The monoisotopic (exact) mass is 388 g/mol. The van der Waals surface area contributed by atoms with Crippen molar-refractivity contribution in [3.63, 3.8) is 0 Å². The Kier molecular flexibility index (Phi) is 6.44. The number of carbonyl (C=O) groups is 2. The molecule has 0 saturated heterocycles. The first-order valence-electron chi connectivity index (χ1n) is 9.12. The van der Waals surface area contributed by atoms with Crippen LogP contribution in [0.1, 0.15) is 43.2 Å². The van der Waals surface area contributed by atoms with Gasteiger partial charge in [0.05, 0.1) is 11.4 Å². The number of amides is 3. The van der Waals surface area contributed by atoms with E-state index in [9.17, 15) is 9.59 Å². The van der Waals surface area contributed by atoms with Crippen molar-refractivity contribution < 1.29 is 9.59 Å². The number of aryl methyl sites for hydroxylation is 2. The number of carbonyl (C=O) groups excluding carboxylic acids is 2. The molecular weight excluding hydrogens is 364 g/mol. The van der Waals surface area contributed by atoms with Crippen LogP contribution in [0, 0.1) is 13.8 Å². The van der Waals surface area contributed by atoms with Crippen LogP contribution in [0.4, 0.5) is 4.79 Å². The van der Waals surface area contributed by atoms with E-state index < -0.39 is 6.03 Å². The van der Waals surface area contributed by atoms with Gasteiger partial charge in [0.25, 0.3) is 0 Å². The van der Waals surface area contributed by atoms with E-state index in [4.69, 9.17) is 0 Å². The molecule has 0 bridgehead atoms. The summed E-state index contributed by atoms with van der Waals surface area (Å²) < 4.78 is 1.61. The summed E-state index contributed by atoms with van der Waals surface area (Å²) >= 11 is 1.19. The van der Waals surface area contributed by atoms with Gasteiger partial charge in [-0.2, -0.15) is 4.68 Å². The van der Waals surface area contributed by atoms with Crippen LogP contribution < -0.4 is 10.6 Å². The van der Waals surface area contributed by atoms with Crippen LogP contribution in [0.3, 0.4) is 0 Å². The van der Waals surface area contributed by atoms with E-state index in [0.717, 1.165) is 42.5 Å². The van der Waals surface area contributed by atoms with E-state index in [1.807, 2.05) is 32.0 Å². The lowest BCUT2D eigenvalue weighted by Crippen LogP contribution is -2.45. The Hall–Kier alpha value is -2.42. The van der Waals surface area contributed by atoms with Gasteiger partial charge in [0, 0.05) is 6.04 Å². The third-order valence-electron chi connectivity index (χ3n) is 4.55. The molecule has 27 heavy (non-hydrogen) atoms. The zero-order chi connectivity index (χ0) is 19.2. The Labute approximate surface area is 162 Å². The SMILES string of the molecule is Cc1ccc(-n2nnnc2SCC(=O)NC(=O)NC2CCCCC2)c(C)c1. The fourth-order valence-corrected chi connectivity index (χ4v) is 3.91. The average molecular weight is 388 g/mol. The number of nitrogens with zero attached hydrogens (tertiary/aromatic N) is 4. The lowest BCUT2D eigenvalue weighted by atomic mass is 9.96. The van der Waals surface area contributed by atoms with Gasteiger partial charge in [0.15, 0.2) is 0 Å². The van der Waals surface area contributed by atoms with E-state index >= 15 is 0 Å². The highest BCUT2D eigenvalue weighted by Crippen LogP contribution is 2.21. The molecule has 8 nitrogen and oxygen atoms in total. The molecule has 0 unspecified atom stereocenters. The Morgan fingerprint density at radius 1 is 1.22 bits per heavy atom. The van der Waals surface area contributed by atoms with Crippen LogP contribution in [-0.2, 0) is 4.79 Å². The number of rotatable bonds is 5. The zero-order valence-electron chi connectivity index (χ0n) is 15.6. The van der Waals surface area contributed by atoms with Crippen molar-refractivity contribution in [3.8, 4) is 5.69 Å². The minimum Gasteiger partial charge on any atom is -0.335 e. The molecule has 1 aliphatic carbocycles. The van der Waals surface area contributed by atoms with Gasteiger partial charge < -0.3 is 5.32 Å². The predicted octanol–water partition coefficient (Wildman–Crippen LogP) is 2.53. The quantitative estimate of drug-likeness (QED) is 0.763. The van der Waals surface area contributed by atoms with Crippen molar-refractivity contribution in [3.05, 3.63) is 29.3 Å². The molecule has 1 aromatic heterocycles. The summed E-state index contributed by atoms with van der Waals surface area (Å²) in [7, 11) is 0. The van der Waals surface area contributed by atoms with Crippen LogP contribution >= 0.6 is 11.8 Å². The second kappa shape index (κ2) is 8.98. The molecule has 1 aromatic carbocycles. The number of thioether (sulfide) groups is 1. The van der Waals surface area contributed by atoms with E-state index in [0.29, 0.717) is 5.16 Å². The Morgan fingerprint density at radius 2 is 2.00 bits per heavy atom. The van der Waals surface area contributed by atoms with Crippen LogP contribution in [0.2, 0.25) is 0 Å². The summed E-state index contributed by atoms with van der Waals surface area (Å²) in [5, 5.41) is 17.5. The summed E-state index contributed by atoms with van der Waals surface area (Å²) in [5.41, 5.74) is 3.06. The van der Waals surface area contributed by atoms with E-state index in [2.05, 4.69) is 26.2 Å². The van der Waals surface area contributed by atoms with Gasteiger partial charge in [0.1, 0.15) is 0 Å². The Balaban J connectivity index is 1.53. The summed E-state index contributed by atoms with van der Waals surface area (Å²) in [5.74, 6) is -0.313. The van der Waals surface area contributed by atoms with Crippen LogP contribution in [0.5, 0.6) is 0 Å². The van der Waals surface area contributed by atoms with Crippen molar-refractivity contribution in [2.75, 3.05) is 5.75 Å². The van der Waals surface area contributed by atoms with Crippen molar-refractivity contribution >= 4 is 23.7 Å². The largest absolute Gasteiger partial charge is 0.335 e. The normalized spacial score (nSPS) is 14.7. The van der Waals surface area contributed by atoms with Gasteiger partial charge in [-0.1, -0.05) is 48.7 Å². The molecule has 0 aliphatic heterocycles. The second-order valence-electron chi connectivity index (χ2n) is 6.81. The number of benzene rings is 1. The molecule has 0 radical (unpaired) electrons. The minimum atomic E-state index is -0.429. The molecule has 9 heteroatoms. The number of nitrogens with one attached hydrogen (secondary N) is 2. The summed E-state index contributed by atoms with van der Waals surface area (Å²) in [6.45, 7) is 4.01. The molecule has 1 fully saturated rings. The van der Waals surface area contributed by atoms with Gasteiger partial charge in [-0.05, 0) is 48.7 Å². The first kappa shape index (κ1) is 19.3. The topological polar surface area (TPSA) is 102 Å². The molecule has 0 atom stereocenters. The Bertz CT molecular complexity index is 816. The lowest BCUT2D eigenvalue weighted by molar-refractivity contribution is -0.117. The van der Waals surface area contributed by atoms with Crippen LogP contribution in [-0.4, -0.2) is 43.9 Å². The van der Waals surface area contributed by atoms with Crippen LogP contribution in [0.25, 0.3) is 5.69 Å². The molecule has 2 aromatic rings. The number of aromatic nitrogens is 4. The fraction of sp³-hybridized carbons (Fsp3) is 0.500. The van der Waals surface area contributed by atoms with Gasteiger partial charge in [-0.15, -0.1) is 5.10 Å². The maximum atomic E-state index is 12.1. The standard InChI is InChI=1S/C18H24N6O2S/c1-12-8-9-15(13(2)10-12)24-18(21-22-23-24)27-11-16(25)20-17(26)19-14-6-4-3-5-7-14/h8-10,14H,3-7,11H2,1-2H3,(H2,19,20,25,26). The van der Waals surface area contributed by atoms with Gasteiger partial charge >= 0.3 is 6.03 Å². The molecule has 144 valence electrons. The zero-order valence-corrected chi connectivity index (χ0v) is 16.4. The second-order valence-corrected chi connectivity index (χ2v) is 7.75. The first-order chi connectivity index (χ1) is 13.0. The predicted molar refractivity (Wildman–Crippen MR) is 103 cm³/mol. The number of urea groups is 1. The highest BCUT2D eigenvalue weighted by Gasteiger charge is 2.18. The molecule has 2 N–H and O–H groups in total. The first-order valence-corrected chi connectivity index (χ1v) is 10.1. The number of hydrogen-bond acceptors (Lipinski definition) is 6. The smallest absolute Gasteiger partial charge is 0.321 e. The minimum absolute atomic E-state index is 0.0589. The maximum absolute atomic E-state index is 12.1. The molecular formula is C18H24N6O2S. The summed E-state index contributed by atoms with van der Waals surface area (Å²) in [6.07, 6.45) is 5.40. The third-order valence-corrected chi connectivity index (χ3v) is 5.47.